The van der Waals surface area contributed by atoms with Crippen molar-refractivity contribution in [3.8, 4) is 0 Å². The molecule has 1 aromatic rings. The van der Waals surface area contributed by atoms with Gasteiger partial charge in [-0.3, -0.25) is 9.59 Å². The predicted molar refractivity (Wildman–Crippen MR) is 77.3 cm³/mol. The number of amides is 2. The van der Waals surface area contributed by atoms with Gasteiger partial charge in [0.1, 0.15) is 0 Å². The Balaban J connectivity index is 2.20. The molecule has 1 rings (SSSR count). The molecule has 0 fully saturated rings. The summed E-state index contributed by atoms with van der Waals surface area (Å²) in [7, 11) is 0. The monoisotopic (exact) mass is 279 g/mol. The first-order valence-electron chi connectivity index (χ1n) is 6.61. The van der Waals surface area contributed by atoms with E-state index in [-0.39, 0.29) is 18.4 Å². The van der Waals surface area contributed by atoms with E-state index in [0.717, 1.165) is 6.42 Å². The highest BCUT2D eigenvalue weighted by molar-refractivity contribution is 5.96. The highest BCUT2D eigenvalue weighted by Crippen LogP contribution is 2.04. The fourth-order valence-corrected chi connectivity index (χ4v) is 1.51. The summed E-state index contributed by atoms with van der Waals surface area (Å²) < 4.78 is 5.15. The maximum Gasteiger partial charge on any atom is 0.251 e. The largest absolute Gasteiger partial charge is 0.399 e. The number of anilines is 1. The summed E-state index contributed by atoms with van der Waals surface area (Å²) in [6.45, 7) is 3.71. The average Bonchev–Trinajstić information content (AvgIpc) is 2.45. The van der Waals surface area contributed by atoms with Crippen LogP contribution in [0.25, 0.3) is 0 Å². The van der Waals surface area contributed by atoms with Crippen molar-refractivity contribution < 1.29 is 14.3 Å². The van der Waals surface area contributed by atoms with Crippen molar-refractivity contribution in [2.45, 2.75) is 13.3 Å². The standard InChI is InChI=1S/C14H21N3O3/c1-2-20-9-3-8-16-13(18)10-17-14(19)11-4-6-12(15)7-5-11/h4-7H,2-3,8-10,15H2,1H3,(H,16,18)(H,17,19). The van der Waals surface area contributed by atoms with Gasteiger partial charge in [0.15, 0.2) is 0 Å². The molecule has 0 aliphatic heterocycles. The SMILES string of the molecule is CCOCCCNC(=O)CNC(=O)c1ccc(N)cc1. The lowest BCUT2D eigenvalue weighted by Crippen LogP contribution is -2.37. The predicted octanol–water partition coefficient (Wildman–Crippen LogP) is 0.541. The van der Waals surface area contributed by atoms with Crippen LogP contribution in [0, 0.1) is 0 Å². The third-order valence-electron chi connectivity index (χ3n) is 2.57. The second-order valence-corrected chi connectivity index (χ2v) is 4.21. The number of nitrogens with one attached hydrogen (secondary N) is 2. The maximum atomic E-state index is 11.7. The number of ether oxygens (including phenoxy) is 1. The lowest BCUT2D eigenvalue weighted by Gasteiger charge is -2.07. The van der Waals surface area contributed by atoms with Crippen molar-refractivity contribution >= 4 is 17.5 Å². The van der Waals surface area contributed by atoms with E-state index in [9.17, 15) is 9.59 Å². The molecule has 0 spiro atoms. The zero-order valence-electron chi connectivity index (χ0n) is 11.6. The molecule has 0 unspecified atom stereocenters. The Morgan fingerprint density at radius 1 is 1.20 bits per heavy atom. The van der Waals surface area contributed by atoms with Gasteiger partial charge in [-0.05, 0) is 37.6 Å². The van der Waals surface area contributed by atoms with Crippen LogP contribution in [0.1, 0.15) is 23.7 Å². The van der Waals surface area contributed by atoms with Gasteiger partial charge in [-0.2, -0.15) is 0 Å². The molecule has 0 saturated heterocycles. The minimum absolute atomic E-state index is 0.0438. The Kier molecular flexibility index (Phi) is 7.13. The summed E-state index contributed by atoms with van der Waals surface area (Å²) in [5, 5.41) is 5.25. The van der Waals surface area contributed by atoms with Gasteiger partial charge in [-0.1, -0.05) is 0 Å². The summed E-state index contributed by atoms with van der Waals surface area (Å²) >= 11 is 0. The van der Waals surface area contributed by atoms with E-state index >= 15 is 0 Å². The highest BCUT2D eigenvalue weighted by atomic mass is 16.5. The minimum Gasteiger partial charge on any atom is -0.399 e. The number of benzene rings is 1. The highest BCUT2D eigenvalue weighted by Gasteiger charge is 2.07. The van der Waals surface area contributed by atoms with Crippen LogP contribution in [-0.2, 0) is 9.53 Å². The van der Waals surface area contributed by atoms with Gasteiger partial charge in [0.05, 0.1) is 6.54 Å². The van der Waals surface area contributed by atoms with Crippen molar-refractivity contribution in [1.82, 2.24) is 10.6 Å². The summed E-state index contributed by atoms with van der Waals surface area (Å²) in [5.41, 5.74) is 6.60. The number of carbonyl (C=O) groups is 2. The number of nitrogen functional groups attached to an aromatic ring is 1. The van der Waals surface area contributed by atoms with E-state index in [4.69, 9.17) is 10.5 Å². The summed E-state index contributed by atoms with van der Waals surface area (Å²) in [6.07, 6.45) is 0.755. The average molecular weight is 279 g/mol. The third kappa shape index (κ3) is 6.19. The Labute approximate surface area is 118 Å². The molecule has 110 valence electrons. The molecule has 0 aromatic heterocycles. The van der Waals surface area contributed by atoms with Crippen LogP contribution in [-0.4, -0.2) is 38.1 Å². The van der Waals surface area contributed by atoms with Crippen LogP contribution in [0.5, 0.6) is 0 Å². The van der Waals surface area contributed by atoms with Gasteiger partial charge < -0.3 is 21.1 Å². The first-order chi connectivity index (χ1) is 9.63. The van der Waals surface area contributed by atoms with Gasteiger partial charge in [0.25, 0.3) is 5.91 Å². The molecule has 6 heteroatoms. The van der Waals surface area contributed by atoms with Crippen LogP contribution >= 0.6 is 0 Å². The molecule has 4 N–H and O–H groups in total. The fraction of sp³-hybridized carbons (Fsp3) is 0.429. The van der Waals surface area contributed by atoms with Crippen molar-refractivity contribution in [1.29, 1.82) is 0 Å². The molecular weight excluding hydrogens is 258 g/mol. The Morgan fingerprint density at radius 3 is 2.55 bits per heavy atom. The molecular formula is C14H21N3O3. The molecule has 6 nitrogen and oxygen atoms in total. The van der Waals surface area contributed by atoms with E-state index in [1.54, 1.807) is 24.3 Å². The first kappa shape index (κ1) is 16.0. The zero-order valence-corrected chi connectivity index (χ0v) is 11.6. The van der Waals surface area contributed by atoms with Crippen LogP contribution in [0.4, 0.5) is 5.69 Å². The second-order valence-electron chi connectivity index (χ2n) is 4.21. The van der Waals surface area contributed by atoms with E-state index in [2.05, 4.69) is 10.6 Å². The Morgan fingerprint density at radius 2 is 1.90 bits per heavy atom. The Hall–Kier alpha value is -2.08. The normalized spacial score (nSPS) is 10.1. The van der Waals surface area contributed by atoms with Gasteiger partial charge in [0, 0.05) is 31.0 Å². The smallest absolute Gasteiger partial charge is 0.251 e. The van der Waals surface area contributed by atoms with Crippen molar-refractivity contribution in [2.24, 2.45) is 0 Å². The van der Waals surface area contributed by atoms with Gasteiger partial charge >= 0.3 is 0 Å². The van der Waals surface area contributed by atoms with E-state index in [0.29, 0.717) is 31.0 Å². The van der Waals surface area contributed by atoms with Gasteiger partial charge in [0.2, 0.25) is 5.91 Å². The van der Waals surface area contributed by atoms with Gasteiger partial charge in [-0.15, -0.1) is 0 Å². The molecule has 0 aliphatic carbocycles. The number of rotatable bonds is 8. The minimum atomic E-state index is -0.297. The fourth-order valence-electron chi connectivity index (χ4n) is 1.51. The second kappa shape index (κ2) is 8.92. The van der Waals surface area contributed by atoms with Crippen LogP contribution < -0.4 is 16.4 Å². The topological polar surface area (TPSA) is 93.5 Å². The molecule has 20 heavy (non-hydrogen) atoms. The zero-order chi connectivity index (χ0) is 14.8. The molecule has 0 atom stereocenters. The Bertz CT molecular complexity index is 432. The molecule has 0 saturated carbocycles. The van der Waals surface area contributed by atoms with E-state index in [1.165, 1.54) is 0 Å². The lowest BCUT2D eigenvalue weighted by molar-refractivity contribution is -0.120. The van der Waals surface area contributed by atoms with Crippen LogP contribution in [0.15, 0.2) is 24.3 Å². The van der Waals surface area contributed by atoms with Crippen molar-refractivity contribution in [3.63, 3.8) is 0 Å². The molecule has 0 aliphatic rings. The van der Waals surface area contributed by atoms with E-state index in [1.807, 2.05) is 6.92 Å². The number of hydrogen-bond donors (Lipinski definition) is 3. The van der Waals surface area contributed by atoms with Crippen molar-refractivity contribution in [3.05, 3.63) is 29.8 Å². The maximum absolute atomic E-state index is 11.7. The molecule has 0 radical (unpaired) electrons. The van der Waals surface area contributed by atoms with Gasteiger partial charge in [-0.25, -0.2) is 0 Å². The molecule has 0 heterocycles. The molecule has 1 aromatic carbocycles. The lowest BCUT2D eigenvalue weighted by atomic mass is 10.2. The quantitative estimate of drug-likeness (QED) is 0.478. The summed E-state index contributed by atoms with van der Waals surface area (Å²) in [4.78, 5) is 23.2. The van der Waals surface area contributed by atoms with Crippen LogP contribution in [0.2, 0.25) is 0 Å². The van der Waals surface area contributed by atoms with E-state index < -0.39 is 0 Å². The first-order valence-corrected chi connectivity index (χ1v) is 6.61. The summed E-state index contributed by atoms with van der Waals surface area (Å²) in [6, 6.07) is 6.51. The van der Waals surface area contributed by atoms with Crippen molar-refractivity contribution in [2.75, 3.05) is 32.0 Å². The van der Waals surface area contributed by atoms with Crippen LogP contribution in [0.3, 0.4) is 0 Å². The third-order valence-corrected chi connectivity index (χ3v) is 2.57. The molecule has 2 amide bonds. The number of nitrogens with two attached hydrogens (primary N) is 1. The summed E-state index contributed by atoms with van der Waals surface area (Å²) in [5.74, 6) is -0.514. The number of carbonyl (C=O) groups excluding carboxylic acids is 2. The molecule has 0 bridgehead atoms. The number of hydrogen-bond acceptors (Lipinski definition) is 4.